The topological polar surface area (TPSA) is 109 Å². The molecule has 6 heteroatoms. The Kier molecular flexibility index (Phi) is 4.80. The van der Waals surface area contributed by atoms with Crippen molar-refractivity contribution in [1.29, 1.82) is 0 Å². The molecule has 0 unspecified atom stereocenters. The molecule has 0 heterocycles. The quantitative estimate of drug-likeness (QED) is 0.574. The number of benzene rings is 2. The summed E-state index contributed by atoms with van der Waals surface area (Å²) < 4.78 is 0. The van der Waals surface area contributed by atoms with Gasteiger partial charge in [-0.25, -0.2) is 0 Å². The van der Waals surface area contributed by atoms with Gasteiger partial charge in [0, 0.05) is 5.56 Å². The molecule has 0 aliphatic heterocycles. The summed E-state index contributed by atoms with van der Waals surface area (Å²) in [5.41, 5.74) is 4.92. The number of carbonyl (C=O) groups is 3. The van der Waals surface area contributed by atoms with Gasteiger partial charge in [-0.3, -0.25) is 14.4 Å². The van der Waals surface area contributed by atoms with Crippen molar-refractivity contribution in [1.82, 2.24) is 0 Å². The number of nitrogens with one attached hydrogen (secondary N) is 1. The fraction of sp³-hybridized carbons (Fsp3) is 0.167. The van der Waals surface area contributed by atoms with E-state index in [1.165, 1.54) is 24.3 Å². The third-order valence-electron chi connectivity index (χ3n) is 3.79. The minimum atomic E-state index is -2.20. The maximum absolute atomic E-state index is 12.2. The zero-order valence-corrected chi connectivity index (χ0v) is 13.4. The number of hydrogen-bond donors (Lipinski definition) is 3. The molecule has 6 nitrogen and oxygen atoms in total. The summed E-state index contributed by atoms with van der Waals surface area (Å²) in [6.07, 6.45) is 0. The number of nitrogen functional groups attached to an aromatic ring is 1. The number of nitrogens with two attached hydrogens (primary N) is 1. The molecule has 0 saturated heterocycles. The van der Waals surface area contributed by atoms with Crippen molar-refractivity contribution >= 4 is 28.8 Å². The number of anilines is 2. The van der Waals surface area contributed by atoms with Gasteiger partial charge in [-0.1, -0.05) is 24.3 Å². The third-order valence-corrected chi connectivity index (χ3v) is 3.79. The Balaban J connectivity index is 2.26. The van der Waals surface area contributed by atoms with Gasteiger partial charge in [0.2, 0.25) is 5.60 Å². The normalized spacial score (nSPS) is 11.0. The Bertz CT molecular complexity index is 783. The second-order valence-electron chi connectivity index (χ2n) is 5.44. The lowest BCUT2D eigenvalue weighted by Crippen LogP contribution is -2.41. The van der Waals surface area contributed by atoms with E-state index in [9.17, 15) is 19.5 Å². The highest BCUT2D eigenvalue weighted by molar-refractivity contribution is 6.09. The Labute approximate surface area is 139 Å². The lowest BCUT2D eigenvalue weighted by Gasteiger charge is -2.22. The summed E-state index contributed by atoms with van der Waals surface area (Å²) in [4.78, 5) is 35.5. The number of para-hydroxylation sites is 2. The first-order valence-corrected chi connectivity index (χ1v) is 7.27. The van der Waals surface area contributed by atoms with Crippen LogP contribution in [0.4, 0.5) is 11.4 Å². The predicted molar refractivity (Wildman–Crippen MR) is 90.5 cm³/mol. The number of rotatable bonds is 5. The molecule has 0 saturated carbocycles. The molecule has 1 amide bonds. The third kappa shape index (κ3) is 3.18. The van der Waals surface area contributed by atoms with Gasteiger partial charge in [-0.05, 0) is 43.7 Å². The zero-order valence-electron chi connectivity index (χ0n) is 13.4. The van der Waals surface area contributed by atoms with E-state index < -0.39 is 23.1 Å². The molecule has 124 valence electrons. The second kappa shape index (κ2) is 6.64. The summed E-state index contributed by atoms with van der Waals surface area (Å²) in [5, 5.41) is 13.0. The highest BCUT2D eigenvalue weighted by Gasteiger charge is 2.39. The number of hydrogen-bond acceptors (Lipinski definition) is 5. The Morgan fingerprint density at radius 3 is 2.00 bits per heavy atom. The number of ketones is 2. The highest BCUT2D eigenvalue weighted by Crippen LogP contribution is 2.24. The smallest absolute Gasteiger partial charge is 0.255 e. The van der Waals surface area contributed by atoms with Gasteiger partial charge >= 0.3 is 0 Å². The van der Waals surface area contributed by atoms with Crippen molar-refractivity contribution < 1.29 is 19.5 Å². The van der Waals surface area contributed by atoms with Gasteiger partial charge in [0.15, 0.2) is 11.6 Å². The molecule has 0 aromatic heterocycles. The predicted octanol–water partition coefficient (Wildman–Crippen LogP) is 1.89. The van der Waals surface area contributed by atoms with Crippen molar-refractivity contribution in [2.45, 2.75) is 19.4 Å². The van der Waals surface area contributed by atoms with Gasteiger partial charge in [0.25, 0.3) is 5.91 Å². The first-order valence-electron chi connectivity index (χ1n) is 7.27. The van der Waals surface area contributed by atoms with Crippen molar-refractivity contribution in [3.63, 3.8) is 0 Å². The largest absolute Gasteiger partial charge is 0.397 e. The van der Waals surface area contributed by atoms with Crippen molar-refractivity contribution in [2.75, 3.05) is 11.1 Å². The summed E-state index contributed by atoms with van der Waals surface area (Å²) in [6.45, 7) is 2.28. The minimum absolute atomic E-state index is 0.123. The van der Waals surface area contributed by atoms with Crippen molar-refractivity contribution in [2.24, 2.45) is 0 Å². The maximum Gasteiger partial charge on any atom is 0.255 e. The molecule has 0 atom stereocenters. The summed E-state index contributed by atoms with van der Waals surface area (Å²) in [5.74, 6) is -1.75. The van der Waals surface area contributed by atoms with Crippen LogP contribution >= 0.6 is 0 Å². The molecule has 4 N–H and O–H groups in total. The van der Waals surface area contributed by atoms with Gasteiger partial charge in [-0.15, -0.1) is 0 Å². The SMILES string of the molecule is CC(=O)C(O)(C(C)=O)c1ccc(C(=O)Nc2ccccc2N)cc1. The van der Waals surface area contributed by atoms with Gasteiger partial charge in [-0.2, -0.15) is 0 Å². The fourth-order valence-electron chi connectivity index (χ4n) is 2.32. The van der Waals surface area contributed by atoms with Crippen LogP contribution in [-0.2, 0) is 15.2 Å². The van der Waals surface area contributed by atoms with Crippen LogP contribution in [0.2, 0.25) is 0 Å². The zero-order chi connectivity index (χ0) is 17.9. The van der Waals surface area contributed by atoms with Crippen LogP contribution in [0.5, 0.6) is 0 Å². The summed E-state index contributed by atoms with van der Waals surface area (Å²) in [7, 11) is 0. The Morgan fingerprint density at radius 2 is 1.50 bits per heavy atom. The minimum Gasteiger partial charge on any atom is -0.397 e. The molecule has 0 bridgehead atoms. The van der Waals surface area contributed by atoms with Crippen LogP contribution in [0.3, 0.4) is 0 Å². The number of aliphatic hydroxyl groups is 1. The lowest BCUT2D eigenvalue weighted by molar-refractivity contribution is -0.149. The number of Topliss-reactive ketones (excluding diaryl/α,β-unsaturated/α-hetero) is 2. The molecular weight excluding hydrogens is 308 g/mol. The number of amides is 1. The van der Waals surface area contributed by atoms with Crippen LogP contribution in [0.25, 0.3) is 0 Å². The number of carbonyl (C=O) groups excluding carboxylic acids is 3. The average molecular weight is 326 g/mol. The molecule has 2 rings (SSSR count). The van der Waals surface area contributed by atoms with Crippen LogP contribution in [0, 0.1) is 0 Å². The molecule has 0 spiro atoms. The molecule has 0 aliphatic carbocycles. The first kappa shape index (κ1) is 17.4. The summed E-state index contributed by atoms with van der Waals surface area (Å²) >= 11 is 0. The summed E-state index contributed by atoms with van der Waals surface area (Å²) in [6, 6.07) is 12.5. The molecule has 2 aromatic rings. The average Bonchev–Trinajstić information content (AvgIpc) is 2.55. The van der Waals surface area contributed by atoms with Gasteiger partial charge in [0.05, 0.1) is 11.4 Å². The van der Waals surface area contributed by atoms with E-state index >= 15 is 0 Å². The maximum atomic E-state index is 12.2. The van der Waals surface area contributed by atoms with E-state index in [-0.39, 0.29) is 5.56 Å². The van der Waals surface area contributed by atoms with E-state index in [4.69, 9.17) is 5.73 Å². The first-order chi connectivity index (χ1) is 11.3. The standard InChI is InChI=1S/C18H18N2O4/c1-11(21)18(24,12(2)22)14-9-7-13(8-10-14)17(23)20-16-6-4-3-5-15(16)19/h3-10,24H,19H2,1-2H3,(H,20,23). The van der Waals surface area contributed by atoms with Crippen molar-refractivity contribution in [3.8, 4) is 0 Å². The van der Waals surface area contributed by atoms with Crippen LogP contribution in [-0.4, -0.2) is 22.6 Å². The van der Waals surface area contributed by atoms with E-state index in [1.54, 1.807) is 24.3 Å². The molecule has 24 heavy (non-hydrogen) atoms. The fourth-order valence-corrected chi connectivity index (χ4v) is 2.32. The Morgan fingerprint density at radius 1 is 0.958 bits per heavy atom. The molecule has 2 aromatic carbocycles. The molecule has 0 fully saturated rings. The molecule has 0 radical (unpaired) electrons. The second-order valence-corrected chi connectivity index (χ2v) is 5.44. The van der Waals surface area contributed by atoms with Crippen LogP contribution < -0.4 is 11.1 Å². The lowest BCUT2D eigenvalue weighted by atomic mass is 9.86. The molecule has 0 aliphatic rings. The van der Waals surface area contributed by atoms with Crippen molar-refractivity contribution in [3.05, 3.63) is 59.7 Å². The van der Waals surface area contributed by atoms with Gasteiger partial charge in [0.1, 0.15) is 0 Å². The monoisotopic (exact) mass is 326 g/mol. The highest BCUT2D eigenvalue weighted by atomic mass is 16.3. The Hall–Kier alpha value is -2.99. The van der Waals surface area contributed by atoms with E-state index in [2.05, 4.69) is 5.32 Å². The van der Waals surface area contributed by atoms with E-state index in [0.29, 0.717) is 16.9 Å². The van der Waals surface area contributed by atoms with E-state index in [0.717, 1.165) is 13.8 Å². The molecular formula is C18H18N2O4. The van der Waals surface area contributed by atoms with E-state index in [1.807, 2.05) is 0 Å². The van der Waals surface area contributed by atoms with Gasteiger partial charge < -0.3 is 16.2 Å². The van der Waals surface area contributed by atoms with Crippen LogP contribution in [0.15, 0.2) is 48.5 Å². The van der Waals surface area contributed by atoms with Crippen LogP contribution in [0.1, 0.15) is 29.8 Å².